The van der Waals surface area contributed by atoms with E-state index in [9.17, 15) is 4.79 Å². The van der Waals surface area contributed by atoms with Gasteiger partial charge in [0.05, 0.1) is 12.0 Å². The molecule has 0 bridgehead atoms. The van der Waals surface area contributed by atoms with Crippen molar-refractivity contribution in [3.05, 3.63) is 89.8 Å². The third-order valence-electron chi connectivity index (χ3n) is 4.71. The van der Waals surface area contributed by atoms with Crippen LogP contribution in [-0.4, -0.2) is 28.4 Å². The van der Waals surface area contributed by atoms with Gasteiger partial charge in [0.25, 0.3) is 5.91 Å². The van der Waals surface area contributed by atoms with Crippen molar-refractivity contribution in [1.29, 1.82) is 0 Å². The van der Waals surface area contributed by atoms with E-state index >= 15 is 0 Å². The molecule has 0 atom stereocenters. The molecule has 0 unspecified atom stereocenters. The van der Waals surface area contributed by atoms with E-state index in [0.717, 1.165) is 23.5 Å². The van der Waals surface area contributed by atoms with Crippen molar-refractivity contribution in [2.75, 3.05) is 13.2 Å². The van der Waals surface area contributed by atoms with Gasteiger partial charge in [0.15, 0.2) is 0 Å². The molecule has 31 heavy (non-hydrogen) atoms. The smallest absolute Gasteiger partial charge is 0.251 e. The second-order valence-corrected chi connectivity index (χ2v) is 7.26. The number of aromatic nitrogens is 2. The first kappa shape index (κ1) is 20.7. The lowest BCUT2D eigenvalue weighted by molar-refractivity contribution is 0.0916. The van der Waals surface area contributed by atoms with E-state index in [-0.39, 0.29) is 5.91 Å². The van der Waals surface area contributed by atoms with Crippen LogP contribution in [0.1, 0.15) is 33.8 Å². The van der Waals surface area contributed by atoms with Crippen molar-refractivity contribution in [2.45, 2.75) is 26.6 Å². The van der Waals surface area contributed by atoms with Gasteiger partial charge in [-0.3, -0.25) is 4.79 Å². The number of aryl methyl sites for hydroxylation is 1. The molecule has 0 aliphatic carbocycles. The Morgan fingerprint density at radius 1 is 1.13 bits per heavy atom. The Kier molecular flexibility index (Phi) is 6.64. The summed E-state index contributed by atoms with van der Waals surface area (Å²) in [7, 11) is 0. The van der Waals surface area contributed by atoms with E-state index in [4.69, 9.17) is 13.9 Å². The van der Waals surface area contributed by atoms with E-state index < -0.39 is 0 Å². The first-order valence-corrected chi connectivity index (χ1v) is 10.2. The highest BCUT2D eigenvalue weighted by molar-refractivity contribution is 5.94. The van der Waals surface area contributed by atoms with Crippen LogP contribution < -0.4 is 10.1 Å². The standard InChI is InChI=1S/C24H25N3O4/c1-18-8-9-23-26-20(15-27(23)14-18)16-31-21-6-2-5-19(13-21)24(28)25-10-4-11-29-17-22-7-3-12-30-22/h2-3,5-9,12-15H,4,10-11,16-17H2,1H3,(H,25,28). The molecule has 0 saturated heterocycles. The molecule has 0 aliphatic rings. The fraction of sp³-hybridized carbons (Fsp3) is 0.250. The number of carbonyl (C=O) groups excluding carboxylic acids is 1. The number of nitrogens with zero attached hydrogens (tertiary/aromatic N) is 2. The monoisotopic (exact) mass is 419 g/mol. The molecule has 3 heterocycles. The Morgan fingerprint density at radius 3 is 2.94 bits per heavy atom. The number of benzene rings is 1. The lowest BCUT2D eigenvalue weighted by atomic mass is 10.2. The molecule has 1 amide bonds. The summed E-state index contributed by atoms with van der Waals surface area (Å²) in [5, 5.41) is 2.90. The Hall–Kier alpha value is -3.58. The van der Waals surface area contributed by atoms with Crippen LogP contribution in [0.15, 0.2) is 71.6 Å². The SMILES string of the molecule is Cc1ccc2nc(COc3cccc(C(=O)NCCCOCc4ccco4)c3)cn2c1. The third-order valence-corrected chi connectivity index (χ3v) is 4.71. The van der Waals surface area contributed by atoms with E-state index in [1.54, 1.807) is 18.4 Å². The number of carbonyl (C=O) groups is 1. The fourth-order valence-corrected chi connectivity index (χ4v) is 3.16. The first-order valence-electron chi connectivity index (χ1n) is 10.2. The molecular formula is C24H25N3O4. The van der Waals surface area contributed by atoms with Gasteiger partial charge in [-0.15, -0.1) is 0 Å². The fourth-order valence-electron chi connectivity index (χ4n) is 3.16. The van der Waals surface area contributed by atoms with Crippen molar-refractivity contribution in [1.82, 2.24) is 14.7 Å². The molecule has 7 nitrogen and oxygen atoms in total. The van der Waals surface area contributed by atoms with Crippen molar-refractivity contribution >= 4 is 11.6 Å². The second-order valence-electron chi connectivity index (χ2n) is 7.26. The Labute approximate surface area is 180 Å². The van der Waals surface area contributed by atoms with Gasteiger partial charge in [-0.05, 0) is 55.3 Å². The molecule has 0 saturated carbocycles. The maximum atomic E-state index is 12.4. The van der Waals surface area contributed by atoms with E-state index in [1.807, 2.05) is 60.1 Å². The average molecular weight is 419 g/mol. The summed E-state index contributed by atoms with van der Waals surface area (Å²) >= 11 is 0. The zero-order valence-electron chi connectivity index (χ0n) is 17.4. The molecule has 3 aromatic heterocycles. The largest absolute Gasteiger partial charge is 0.487 e. The molecule has 4 aromatic rings. The van der Waals surface area contributed by atoms with Crippen LogP contribution in [0.2, 0.25) is 0 Å². The van der Waals surface area contributed by atoms with Gasteiger partial charge in [-0.1, -0.05) is 12.1 Å². The number of amides is 1. The first-order chi connectivity index (χ1) is 15.2. The lowest BCUT2D eigenvalue weighted by Crippen LogP contribution is -2.25. The summed E-state index contributed by atoms with van der Waals surface area (Å²) in [4.78, 5) is 17.0. The Bertz CT molecular complexity index is 1130. The van der Waals surface area contributed by atoms with Crippen molar-refractivity contribution in [3.8, 4) is 5.75 Å². The summed E-state index contributed by atoms with van der Waals surface area (Å²) < 4.78 is 18.6. The molecule has 0 aliphatic heterocycles. The van der Waals surface area contributed by atoms with Gasteiger partial charge in [-0.25, -0.2) is 4.98 Å². The lowest BCUT2D eigenvalue weighted by Gasteiger charge is -2.08. The number of imidazole rings is 1. The molecule has 0 radical (unpaired) electrons. The third kappa shape index (κ3) is 5.73. The van der Waals surface area contributed by atoms with Crippen LogP contribution in [0, 0.1) is 6.92 Å². The summed E-state index contributed by atoms with van der Waals surface area (Å²) in [6.45, 7) is 3.89. The summed E-state index contributed by atoms with van der Waals surface area (Å²) in [5.74, 6) is 1.28. The minimum atomic E-state index is -0.139. The van der Waals surface area contributed by atoms with Gasteiger partial charge >= 0.3 is 0 Å². The minimum Gasteiger partial charge on any atom is -0.487 e. The predicted octanol–water partition coefficient (Wildman–Crippen LogP) is 4.15. The molecule has 0 fully saturated rings. The minimum absolute atomic E-state index is 0.139. The van der Waals surface area contributed by atoms with Gasteiger partial charge in [0.2, 0.25) is 0 Å². The number of pyridine rings is 1. The summed E-state index contributed by atoms with van der Waals surface area (Å²) in [5.41, 5.74) is 3.43. The zero-order valence-corrected chi connectivity index (χ0v) is 17.4. The summed E-state index contributed by atoms with van der Waals surface area (Å²) in [6.07, 6.45) is 6.32. The quantitative estimate of drug-likeness (QED) is 0.391. The number of fused-ring (bicyclic) bond motifs is 1. The molecule has 1 N–H and O–H groups in total. The predicted molar refractivity (Wildman–Crippen MR) is 116 cm³/mol. The average Bonchev–Trinajstić information content (AvgIpc) is 3.44. The highest BCUT2D eigenvalue weighted by Crippen LogP contribution is 2.16. The normalized spacial score (nSPS) is 11.0. The maximum absolute atomic E-state index is 12.4. The summed E-state index contributed by atoms with van der Waals surface area (Å²) in [6, 6.07) is 14.9. The molecule has 1 aromatic carbocycles. The topological polar surface area (TPSA) is 78.0 Å². The number of furan rings is 1. The van der Waals surface area contributed by atoms with Crippen LogP contribution in [0.4, 0.5) is 0 Å². The molecule has 7 heteroatoms. The Balaban J connectivity index is 1.22. The van der Waals surface area contributed by atoms with Crippen molar-refractivity contribution in [3.63, 3.8) is 0 Å². The number of ether oxygens (including phenoxy) is 2. The van der Waals surface area contributed by atoms with E-state index in [2.05, 4.69) is 10.3 Å². The van der Waals surface area contributed by atoms with Gasteiger partial charge in [-0.2, -0.15) is 0 Å². The van der Waals surface area contributed by atoms with Crippen LogP contribution in [0.25, 0.3) is 5.65 Å². The highest BCUT2D eigenvalue weighted by atomic mass is 16.5. The van der Waals surface area contributed by atoms with Crippen LogP contribution >= 0.6 is 0 Å². The van der Waals surface area contributed by atoms with Crippen LogP contribution in [0.5, 0.6) is 5.75 Å². The van der Waals surface area contributed by atoms with Gasteiger partial charge in [0.1, 0.15) is 30.4 Å². The number of rotatable bonds is 10. The maximum Gasteiger partial charge on any atom is 0.251 e. The Morgan fingerprint density at radius 2 is 2.06 bits per heavy atom. The van der Waals surface area contributed by atoms with Gasteiger partial charge < -0.3 is 23.6 Å². The number of hydrogen-bond acceptors (Lipinski definition) is 5. The molecule has 4 rings (SSSR count). The molecule has 160 valence electrons. The number of hydrogen-bond donors (Lipinski definition) is 1. The van der Waals surface area contributed by atoms with E-state index in [0.29, 0.717) is 37.7 Å². The second kappa shape index (κ2) is 9.95. The highest BCUT2D eigenvalue weighted by Gasteiger charge is 2.08. The molecular weight excluding hydrogens is 394 g/mol. The van der Waals surface area contributed by atoms with Gasteiger partial charge in [0, 0.05) is 31.1 Å². The van der Waals surface area contributed by atoms with Crippen LogP contribution in [0.3, 0.4) is 0 Å². The van der Waals surface area contributed by atoms with Crippen LogP contribution in [-0.2, 0) is 18.0 Å². The van der Waals surface area contributed by atoms with Crippen molar-refractivity contribution in [2.24, 2.45) is 0 Å². The molecule has 0 spiro atoms. The number of nitrogens with one attached hydrogen (secondary N) is 1. The zero-order chi connectivity index (χ0) is 21.5. The van der Waals surface area contributed by atoms with E-state index in [1.165, 1.54) is 5.56 Å². The van der Waals surface area contributed by atoms with Crippen molar-refractivity contribution < 1.29 is 18.7 Å².